The number of aromatic hydroxyl groups is 1. The van der Waals surface area contributed by atoms with E-state index in [1.165, 1.54) is 0 Å². The number of nitrogens with zero attached hydrogens (tertiary/aromatic N) is 2. The van der Waals surface area contributed by atoms with Gasteiger partial charge in [0.1, 0.15) is 11.6 Å². The molecule has 2 heterocycles. The molecule has 4 nitrogen and oxygen atoms in total. The van der Waals surface area contributed by atoms with Crippen LogP contribution in [0.15, 0.2) is 59.5 Å². The van der Waals surface area contributed by atoms with Crippen LogP contribution in [0.5, 0.6) is 5.75 Å². The maximum Gasteiger partial charge on any atom is 0.263 e. The molecule has 0 saturated heterocycles. The largest absolute Gasteiger partial charge is 0.507 e. The van der Waals surface area contributed by atoms with E-state index in [1.807, 2.05) is 62.4 Å². The fourth-order valence-corrected chi connectivity index (χ4v) is 3.02. The van der Waals surface area contributed by atoms with Gasteiger partial charge in [-0.3, -0.25) is 9.36 Å². The zero-order valence-corrected chi connectivity index (χ0v) is 13.9. The molecule has 24 heavy (non-hydrogen) atoms. The second-order valence-electron chi connectivity index (χ2n) is 5.56. The second kappa shape index (κ2) is 6.71. The Labute approximate surface area is 141 Å². The fraction of sp³-hybridized carbons (Fsp3) is 0.200. The molecule has 3 aromatic rings. The van der Waals surface area contributed by atoms with Gasteiger partial charge in [0.15, 0.2) is 0 Å². The molecular weight excluding hydrogens is 300 g/mol. The highest BCUT2D eigenvalue weighted by Crippen LogP contribution is 2.33. The molecule has 122 valence electrons. The van der Waals surface area contributed by atoms with Crippen LogP contribution in [0.3, 0.4) is 0 Å². The zero-order chi connectivity index (χ0) is 17.1. The highest BCUT2D eigenvalue weighted by Gasteiger charge is 2.21. The van der Waals surface area contributed by atoms with Gasteiger partial charge in [-0.1, -0.05) is 50.2 Å². The molecular formula is C20H20N2O2. The number of hydrogen-bond acceptors (Lipinski definition) is 3. The Morgan fingerprint density at radius 3 is 2.21 bits per heavy atom. The van der Waals surface area contributed by atoms with Gasteiger partial charge in [0.2, 0.25) is 0 Å². The van der Waals surface area contributed by atoms with Crippen LogP contribution >= 0.6 is 0 Å². The lowest BCUT2D eigenvalue weighted by molar-refractivity contribution is 0.459. The van der Waals surface area contributed by atoms with Crippen molar-refractivity contribution in [1.29, 1.82) is 0 Å². The molecule has 1 aromatic carbocycles. The molecule has 0 aliphatic carbocycles. The number of benzene rings is 1. The third kappa shape index (κ3) is 2.60. The van der Waals surface area contributed by atoms with E-state index < -0.39 is 0 Å². The van der Waals surface area contributed by atoms with Gasteiger partial charge >= 0.3 is 0 Å². The van der Waals surface area contributed by atoms with E-state index in [0.717, 1.165) is 11.1 Å². The van der Waals surface area contributed by atoms with Crippen LogP contribution in [0, 0.1) is 0 Å². The topological polar surface area (TPSA) is 55.1 Å². The van der Waals surface area contributed by atoms with E-state index >= 15 is 0 Å². The summed E-state index contributed by atoms with van der Waals surface area (Å²) in [6, 6.07) is 15.1. The van der Waals surface area contributed by atoms with Crippen molar-refractivity contribution in [3.63, 3.8) is 0 Å². The summed E-state index contributed by atoms with van der Waals surface area (Å²) in [6.45, 7) is 3.86. The molecule has 0 atom stereocenters. The average molecular weight is 320 g/mol. The van der Waals surface area contributed by atoms with Gasteiger partial charge in [-0.25, -0.2) is 4.98 Å². The SMILES string of the molecule is CCc1c(O)c(CC)c(=O)n(-c2ccccn2)c1-c1ccccc1. The van der Waals surface area contributed by atoms with Crippen molar-refractivity contribution in [2.75, 3.05) is 0 Å². The molecule has 2 aromatic heterocycles. The molecule has 3 rings (SSSR count). The average Bonchev–Trinajstić information content (AvgIpc) is 2.63. The Hall–Kier alpha value is -2.88. The van der Waals surface area contributed by atoms with E-state index in [1.54, 1.807) is 10.8 Å². The summed E-state index contributed by atoms with van der Waals surface area (Å²) in [4.78, 5) is 17.4. The monoisotopic (exact) mass is 320 g/mol. The second-order valence-corrected chi connectivity index (χ2v) is 5.56. The lowest BCUT2D eigenvalue weighted by atomic mass is 9.99. The molecule has 0 fully saturated rings. The maximum atomic E-state index is 13.0. The maximum absolute atomic E-state index is 13.0. The Morgan fingerprint density at radius 1 is 0.958 bits per heavy atom. The first kappa shape index (κ1) is 16.0. The minimum absolute atomic E-state index is 0.107. The summed E-state index contributed by atoms with van der Waals surface area (Å²) < 4.78 is 1.62. The van der Waals surface area contributed by atoms with Crippen LogP contribution in [-0.2, 0) is 12.8 Å². The molecule has 0 amide bonds. The van der Waals surface area contributed by atoms with Crippen LogP contribution in [-0.4, -0.2) is 14.7 Å². The third-order valence-corrected chi connectivity index (χ3v) is 4.18. The zero-order valence-electron chi connectivity index (χ0n) is 13.9. The number of aromatic nitrogens is 2. The number of hydrogen-bond donors (Lipinski definition) is 1. The first-order valence-electron chi connectivity index (χ1n) is 8.15. The van der Waals surface area contributed by atoms with Gasteiger partial charge < -0.3 is 5.11 Å². The van der Waals surface area contributed by atoms with Gasteiger partial charge in [-0.15, -0.1) is 0 Å². The molecule has 0 aliphatic rings. The van der Waals surface area contributed by atoms with Crippen molar-refractivity contribution >= 4 is 0 Å². The van der Waals surface area contributed by atoms with Crippen LogP contribution < -0.4 is 5.56 Å². The summed E-state index contributed by atoms with van der Waals surface area (Å²) >= 11 is 0. The van der Waals surface area contributed by atoms with Crippen LogP contribution in [0.1, 0.15) is 25.0 Å². The van der Waals surface area contributed by atoms with Crippen molar-refractivity contribution < 1.29 is 5.11 Å². The highest BCUT2D eigenvalue weighted by molar-refractivity contribution is 5.69. The van der Waals surface area contributed by atoms with Crippen molar-refractivity contribution in [2.45, 2.75) is 26.7 Å². The first-order chi connectivity index (χ1) is 11.7. The van der Waals surface area contributed by atoms with Crippen LogP contribution in [0.2, 0.25) is 0 Å². The van der Waals surface area contributed by atoms with E-state index in [4.69, 9.17) is 0 Å². The fourth-order valence-electron chi connectivity index (χ4n) is 3.02. The standard InChI is InChI=1S/C20H20N2O2/c1-3-15-18(14-10-6-5-7-11-14)22(17-12-8-9-13-21-17)20(24)16(4-2)19(15)23/h5-13,23H,3-4H2,1-2H3. The predicted octanol–water partition coefficient (Wildman–Crippen LogP) is 3.73. The van der Waals surface area contributed by atoms with E-state index in [0.29, 0.717) is 29.9 Å². The third-order valence-electron chi connectivity index (χ3n) is 4.18. The van der Waals surface area contributed by atoms with Crippen molar-refractivity contribution in [2.24, 2.45) is 0 Å². The van der Waals surface area contributed by atoms with E-state index in [2.05, 4.69) is 4.98 Å². The molecule has 0 aliphatic heterocycles. The highest BCUT2D eigenvalue weighted by atomic mass is 16.3. The van der Waals surface area contributed by atoms with Crippen molar-refractivity contribution in [1.82, 2.24) is 9.55 Å². The smallest absolute Gasteiger partial charge is 0.263 e. The molecule has 0 unspecified atom stereocenters. The minimum Gasteiger partial charge on any atom is -0.507 e. The summed E-state index contributed by atoms with van der Waals surface area (Å²) in [5, 5.41) is 10.6. The number of rotatable bonds is 4. The van der Waals surface area contributed by atoms with E-state index in [-0.39, 0.29) is 11.3 Å². The molecule has 0 radical (unpaired) electrons. The quantitative estimate of drug-likeness (QED) is 0.797. The Bertz CT molecular complexity index is 900. The van der Waals surface area contributed by atoms with Gasteiger partial charge in [-0.2, -0.15) is 0 Å². The summed E-state index contributed by atoms with van der Waals surface area (Å²) in [7, 11) is 0. The molecule has 0 bridgehead atoms. The van der Waals surface area contributed by atoms with Crippen molar-refractivity contribution in [3.05, 3.63) is 76.2 Å². The van der Waals surface area contributed by atoms with Crippen LogP contribution in [0.25, 0.3) is 17.1 Å². The lowest BCUT2D eigenvalue weighted by Gasteiger charge is -2.19. The summed E-state index contributed by atoms with van der Waals surface area (Å²) in [6.07, 6.45) is 2.76. The van der Waals surface area contributed by atoms with Crippen molar-refractivity contribution in [3.8, 4) is 22.8 Å². The van der Waals surface area contributed by atoms with Crippen LogP contribution in [0.4, 0.5) is 0 Å². The van der Waals surface area contributed by atoms with Gasteiger partial charge in [-0.05, 0) is 30.5 Å². The molecule has 4 heteroatoms. The lowest BCUT2D eigenvalue weighted by Crippen LogP contribution is -2.26. The summed E-state index contributed by atoms with van der Waals surface area (Å²) in [5.41, 5.74) is 2.57. The molecule has 0 saturated carbocycles. The van der Waals surface area contributed by atoms with E-state index in [9.17, 15) is 9.90 Å². The first-order valence-corrected chi connectivity index (χ1v) is 8.15. The summed E-state index contributed by atoms with van der Waals surface area (Å²) in [5.74, 6) is 0.668. The normalized spacial score (nSPS) is 10.8. The van der Waals surface area contributed by atoms with Gasteiger partial charge in [0.05, 0.1) is 11.3 Å². The minimum atomic E-state index is -0.218. The predicted molar refractivity (Wildman–Crippen MR) is 95.7 cm³/mol. The van der Waals surface area contributed by atoms with Gasteiger partial charge in [0, 0.05) is 11.8 Å². The Kier molecular flexibility index (Phi) is 4.47. The Balaban J connectivity index is 2.48. The Morgan fingerprint density at radius 2 is 1.62 bits per heavy atom. The van der Waals surface area contributed by atoms with Gasteiger partial charge in [0.25, 0.3) is 5.56 Å². The number of pyridine rings is 2. The molecule has 0 spiro atoms. The molecule has 1 N–H and O–H groups in total.